The largest absolute Gasteiger partial charge is 0.573 e. The summed E-state index contributed by atoms with van der Waals surface area (Å²) in [4.78, 5) is 8.07. The molecular weight excluding hydrogens is 435 g/mol. The van der Waals surface area contributed by atoms with Crippen molar-refractivity contribution in [1.29, 1.82) is 0 Å². The van der Waals surface area contributed by atoms with Gasteiger partial charge in [-0.15, -0.1) is 13.2 Å². The van der Waals surface area contributed by atoms with Crippen molar-refractivity contribution in [2.24, 2.45) is 0 Å². The molecule has 164 valence electrons. The summed E-state index contributed by atoms with van der Waals surface area (Å²) in [6.07, 6.45) is -12.2. The fourth-order valence-electron chi connectivity index (χ4n) is 2.40. The van der Waals surface area contributed by atoms with E-state index in [1.54, 1.807) is 0 Å². The Morgan fingerprint density at radius 2 is 1.52 bits per heavy atom. The molecule has 0 fully saturated rings. The summed E-state index contributed by atoms with van der Waals surface area (Å²) in [5.41, 5.74) is 0.677. The van der Waals surface area contributed by atoms with Crippen molar-refractivity contribution in [2.45, 2.75) is 18.9 Å². The number of halogens is 7. The Kier molecular flexibility index (Phi) is 6.18. The molecule has 31 heavy (non-hydrogen) atoms. The average Bonchev–Trinajstić information content (AvgIpc) is 2.67. The van der Waals surface area contributed by atoms with Gasteiger partial charge in [0.05, 0.1) is 5.69 Å². The van der Waals surface area contributed by atoms with Gasteiger partial charge in [0.15, 0.2) is 0 Å². The van der Waals surface area contributed by atoms with Crippen molar-refractivity contribution in [2.75, 3.05) is 5.32 Å². The maximum atomic E-state index is 13.1. The van der Waals surface area contributed by atoms with E-state index >= 15 is 0 Å². The summed E-state index contributed by atoms with van der Waals surface area (Å²) >= 11 is 0. The van der Waals surface area contributed by atoms with Crippen LogP contribution in [0.2, 0.25) is 0 Å². The van der Waals surface area contributed by atoms with E-state index in [4.69, 9.17) is 0 Å². The van der Waals surface area contributed by atoms with Crippen LogP contribution in [0, 0.1) is 0 Å². The monoisotopic (exact) mass is 447 g/mol. The van der Waals surface area contributed by atoms with Crippen LogP contribution in [-0.2, 0) is 0 Å². The normalized spacial score (nSPS) is 12.0. The number of alkyl halides is 7. The Morgan fingerprint density at radius 3 is 2.19 bits per heavy atom. The van der Waals surface area contributed by atoms with Gasteiger partial charge in [0.2, 0.25) is 5.95 Å². The van der Waals surface area contributed by atoms with Crippen molar-refractivity contribution < 1.29 is 40.2 Å². The van der Waals surface area contributed by atoms with Gasteiger partial charge in [0.25, 0.3) is 0 Å². The lowest BCUT2D eigenvalue weighted by atomic mass is 10.1. The van der Waals surface area contributed by atoms with Crippen LogP contribution in [0.5, 0.6) is 11.5 Å². The summed E-state index contributed by atoms with van der Waals surface area (Å²) in [6, 6.07) is 11.3. The molecule has 0 aliphatic heterocycles. The predicted octanol–water partition coefficient (Wildman–Crippen LogP) is 6.02. The van der Waals surface area contributed by atoms with E-state index in [-0.39, 0.29) is 17.3 Å². The molecule has 0 amide bonds. The number of aromatic nitrogens is 2. The van der Waals surface area contributed by atoms with Crippen LogP contribution in [0.4, 0.5) is 42.4 Å². The summed E-state index contributed by atoms with van der Waals surface area (Å²) < 4.78 is 95.8. The maximum absolute atomic E-state index is 13.1. The van der Waals surface area contributed by atoms with Crippen LogP contribution in [0.3, 0.4) is 0 Å². The van der Waals surface area contributed by atoms with E-state index in [1.807, 2.05) is 0 Å². The van der Waals surface area contributed by atoms with Gasteiger partial charge >= 0.3 is 18.9 Å². The number of rotatable bonds is 7. The van der Waals surface area contributed by atoms with Gasteiger partial charge in [-0.25, -0.2) is 9.97 Å². The Labute approximate surface area is 170 Å². The Bertz CT molecular complexity index is 1040. The molecule has 3 rings (SSSR count). The molecule has 0 radical (unpaired) electrons. The third-order valence-electron chi connectivity index (χ3n) is 3.62. The molecule has 3 aromatic rings. The highest BCUT2D eigenvalue weighted by Gasteiger charge is 2.44. The van der Waals surface area contributed by atoms with E-state index in [0.29, 0.717) is 5.56 Å². The van der Waals surface area contributed by atoms with Crippen LogP contribution in [0.1, 0.15) is 0 Å². The van der Waals surface area contributed by atoms with Gasteiger partial charge in [-0.3, -0.25) is 0 Å². The third kappa shape index (κ3) is 6.20. The first kappa shape index (κ1) is 22.1. The highest BCUT2D eigenvalue weighted by molar-refractivity contribution is 5.64. The summed E-state index contributed by atoms with van der Waals surface area (Å²) in [6.45, 7) is 0. The van der Waals surface area contributed by atoms with E-state index in [9.17, 15) is 30.7 Å². The molecule has 1 N–H and O–H groups in total. The number of ether oxygens (including phenoxy) is 2. The molecule has 1 heterocycles. The smallest absolute Gasteiger partial charge is 0.428 e. The van der Waals surface area contributed by atoms with E-state index < -0.39 is 30.4 Å². The number of hydrogen-bond donors (Lipinski definition) is 1. The number of hydrogen-bond acceptors (Lipinski definition) is 5. The molecule has 12 heteroatoms. The molecule has 0 spiro atoms. The van der Waals surface area contributed by atoms with Crippen LogP contribution in [0.25, 0.3) is 11.3 Å². The summed E-state index contributed by atoms with van der Waals surface area (Å²) in [7, 11) is 0. The van der Waals surface area contributed by atoms with E-state index in [0.717, 1.165) is 24.3 Å². The second-order valence-electron chi connectivity index (χ2n) is 5.96. The van der Waals surface area contributed by atoms with Crippen molar-refractivity contribution in [3.05, 3.63) is 60.8 Å². The zero-order valence-electron chi connectivity index (χ0n) is 15.2. The zero-order valence-corrected chi connectivity index (χ0v) is 15.2. The lowest BCUT2D eigenvalue weighted by Gasteiger charge is -2.17. The average molecular weight is 447 g/mol. The molecule has 5 nitrogen and oxygen atoms in total. The number of nitrogens with one attached hydrogen (secondary N) is 1. The molecule has 0 aliphatic carbocycles. The molecule has 0 unspecified atom stereocenters. The lowest BCUT2D eigenvalue weighted by Crippen LogP contribution is -2.33. The van der Waals surface area contributed by atoms with Crippen molar-refractivity contribution in [3.63, 3.8) is 0 Å². The van der Waals surface area contributed by atoms with Crippen LogP contribution in [-0.4, -0.2) is 28.9 Å². The molecule has 0 saturated carbocycles. The molecular formula is C19H12F7N3O2. The van der Waals surface area contributed by atoms with Crippen molar-refractivity contribution in [1.82, 2.24) is 9.97 Å². The van der Waals surface area contributed by atoms with Crippen molar-refractivity contribution in [3.8, 4) is 22.8 Å². The zero-order chi connectivity index (χ0) is 22.6. The molecule has 0 saturated heterocycles. The minimum Gasteiger partial charge on any atom is -0.428 e. The van der Waals surface area contributed by atoms with E-state index in [1.165, 1.54) is 36.5 Å². The number of anilines is 2. The lowest BCUT2D eigenvalue weighted by molar-refractivity contribution is -0.274. The van der Waals surface area contributed by atoms with Gasteiger partial charge in [-0.1, -0.05) is 18.2 Å². The Morgan fingerprint density at radius 1 is 0.839 bits per heavy atom. The highest BCUT2D eigenvalue weighted by Crippen LogP contribution is 2.30. The Hall–Kier alpha value is -3.57. The second-order valence-corrected chi connectivity index (χ2v) is 5.96. The topological polar surface area (TPSA) is 56.3 Å². The maximum Gasteiger partial charge on any atom is 0.573 e. The first-order valence-electron chi connectivity index (χ1n) is 8.43. The Balaban J connectivity index is 1.79. The number of benzene rings is 2. The third-order valence-corrected chi connectivity index (χ3v) is 3.62. The van der Waals surface area contributed by atoms with E-state index in [2.05, 4.69) is 24.8 Å². The molecule has 1 aromatic heterocycles. The van der Waals surface area contributed by atoms with Gasteiger partial charge in [-0.2, -0.15) is 17.6 Å². The fraction of sp³-hybridized carbons (Fsp3) is 0.158. The van der Waals surface area contributed by atoms with Gasteiger partial charge in [0, 0.05) is 23.5 Å². The molecule has 0 aliphatic rings. The predicted molar refractivity (Wildman–Crippen MR) is 95.5 cm³/mol. The van der Waals surface area contributed by atoms with Crippen LogP contribution in [0.15, 0.2) is 60.8 Å². The molecule has 2 aromatic carbocycles. The minimum atomic E-state index is -4.86. The molecule has 0 bridgehead atoms. The molecule has 0 atom stereocenters. The number of nitrogens with zero attached hydrogens (tertiary/aromatic N) is 2. The van der Waals surface area contributed by atoms with Crippen LogP contribution >= 0.6 is 0 Å². The standard InChI is InChI=1S/C19H12F7N3O2/c20-16(21)18(22,23)30-14-6-2-4-12(10-14)28-17-27-8-7-15(29-17)11-3-1-5-13(9-11)31-19(24,25)26/h1-10,16H,(H,27,28,29). The summed E-state index contributed by atoms with van der Waals surface area (Å²) in [5, 5.41) is 2.68. The van der Waals surface area contributed by atoms with Crippen LogP contribution < -0.4 is 14.8 Å². The SMILES string of the molecule is FC(F)C(F)(F)Oc1cccc(Nc2nccc(-c3cccc(OC(F)(F)F)c3)n2)c1. The van der Waals surface area contributed by atoms with Gasteiger partial charge in [-0.05, 0) is 30.3 Å². The van der Waals surface area contributed by atoms with Crippen molar-refractivity contribution >= 4 is 11.6 Å². The first-order chi connectivity index (χ1) is 14.5. The highest BCUT2D eigenvalue weighted by atomic mass is 19.4. The van der Waals surface area contributed by atoms with Gasteiger partial charge in [0.1, 0.15) is 11.5 Å². The summed E-state index contributed by atoms with van der Waals surface area (Å²) in [5.74, 6) is -0.996. The fourth-order valence-corrected chi connectivity index (χ4v) is 2.40. The minimum absolute atomic E-state index is 0.0302. The van der Waals surface area contributed by atoms with Gasteiger partial charge < -0.3 is 14.8 Å². The quantitative estimate of drug-likeness (QED) is 0.449. The second kappa shape index (κ2) is 8.66. The first-order valence-corrected chi connectivity index (χ1v) is 8.43.